The van der Waals surface area contributed by atoms with Crippen LogP contribution >= 0.6 is 7.82 Å². The monoisotopic (exact) mass is 1100 g/mol. The fraction of sp³-hybridized carbons (Fsp3) is 0.383. The van der Waals surface area contributed by atoms with Gasteiger partial charge in [-0.2, -0.15) is 0 Å². The Hall–Kier alpha value is -6.70. The zero-order valence-electron chi connectivity index (χ0n) is 44.3. The molecule has 5 aromatic rings. The Morgan fingerprint density at radius 2 is 1.28 bits per heavy atom. The summed E-state index contributed by atoms with van der Waals surface area (Å²) >= 11 is 0. The van der Waals surface area contributed by atoms with Crippen molar-refractivity contribution in [3.05, 3.63) is 191 Å². The molecule has 18 nitrogen and oxygen atoms in total. The van der Waals surface area contributed by atoms with Crippen molar-refractivity contribution < 1.29 is 81.1 Å². The van der Waals surface area contributed by atoms with Gasteiger partial charge in [0.15, 0.2) is 12.6 Å². The van der Waals surface area contributed by atoms with E-state index in [-0.39, 0.29) is 41.9 Å². The fourth-order valence-corrected chi connectivity index (χ4v) is 12.8. The number of esters is 3. The molecule has 0 spiro atoms. The topological polar surface area (TPSA) is 249 Å². The Labute approximate surface area is 457 Å². The number of Topliss-reactive ketones (excluding diaryl/α,β-unsaturated/α-hetero) is 1. The van der Waals surface area contributed by atoms with Crippen LogP contribution in [0.4, 0.5) is 0 Å². The van der Waals surface area contributed by atoms with Crippen LogP contribution in [0.1, 0.15) is 90.9 Å². The van der Waals surface area contributed by atoms with Crippen molar-refractivity contribution in [2.24, 2.45) is 16.7 Å². The zero-order chi connectivity index (χ0) is 56.3. The molecule has 9 rings (SSSR count). The van der Waals surface area contributed by atoms with Gasteiger partial charge in [0, 0.05) is 36.7 Å². The smallest absolute Gasteiger partial charge is 0.455 e. The summed E-state index contributed by atoms with van der Waals surface area (Å²) in [6, 6.07) is 40.7. The Kier molecular flexibility index (Phi) is 16.7. The molecule has 4 N–H and O–H groups in total. The van der Waals surface area contributed by atoms with Gasteiger partial charge in [-0.15, -0.1) is 0 Å². The van der Waals surface area contributed by atoms with Crippen molar-refractivity contribution >= 4 is 37.4 Å². The Morgan fingerprint density at radius 1 is 0.747 bits per heavy atom. The van der Waals surface area contributed by atoms with E-state index in [1.54, 1.807) is 141 Å². The summed E-state index contributed by atoms with van der Waals surface area (Å²) in [7, 11) is -4.49. The molecule has 1 aliphatic heterocycles. The molecule has 416 valence electrons. The number of carbonyl (C=O) groups excluding carboxylic acids is 5. The van der Waals surface area contributed by atoms with Crippen LogP contribution in [0.25, 0.3) is 0 Å². The second kappa shape index (κ2) is 23.2. The van der Waals surface area contributed by atoms with E-state index in [4.69, 9.17) is 37.3 Å². The van der Waals surface area contributed by atoms with Crippen LogP contribution in [0.15, 0.2) is 163 Å². The molecule has 3 aliphatic carbocycles. The highest BCUT2D eigenvalue weighted by molar-refractivity contribution is 7.48. The maximum absolute atomic E-state index is 15.8. The van der Waals surface area contributed by atoms with Gasteiger partial charge in [-0.05, 0) is 65.9 Å². The van der Waals surface area contributed by atoms with Crippen LogP contribution in [-0.2, 0) is 69.4 Å². The third-order valence-corrected chi connectivity index (χ3v) is 17.4. The average molecular weight is 1100 g/mol. The standard InChI is InChI=1S/C60H64NO17P/c1-37-44(77-56(67)50(76-38(2)62)48(41-25-15-8-16-26-41)61-54(65)42-27-17-9-18-28-42)32-60(69)53(78-55(66)43-29-19-10-20-30-43)51-58(5,52(64)49(63)47(37)57(60,3)4)45(31-46-59(51,68)35-71-46)72-36-75-79(70,73-33-39-21-11-6-12-22-39)74-34-40-23-13-7-14-24-40/h6-30,44-46,48-51,53,63,68-69H,31-36H2,1-5H3,(H,61,65)/t44?,45?,46?,48?,49?,50?,51?,53?,58-,59?,60?/m1/s1. The maximum Gasteiger partial charge on any atom is 0.477 e. The molecule has 0 radical (unpaired) electrons. The number of fused-ring (bicyclic) bond motifs is 5. The quantitative estimate of drug-likeness (QED) is 0.0203. The number of rotatable bonds is 19. The van der Waals surface area contributed by atoms with E-state index in [0.717, 1.165) is 6.92 Å². The number of phosphoric ester groups is 1. The molecule has 1 amide bonds. The molecule has 1 saturated heterocycles. The van der Waals surface area contributed by atoms with Crippen molar-refractivity contribution in [3.8, 4) is 0 Å². The van der Waals surface area contributed by atoms with E-state index in [9.17, 15) is 39.1 Å². The van der Waals surface area contributed by atoms with Crippen molar-refractivity contribution in [2.45, 2.75) is 115 Å². The van der Waals surface area contributed by atoms with Crippen molar-refractivity contribution in [3.63, 3.8) is 0 Å². The summed E-state index contributed by atoms with van der Waals surface area (Å²) in [4.78, 5) is 72.1. The van der Waals surface area contributed by atoms with E-state index in [0.29, 0.717) is 16.7 Å². The number of phosphoric acid groups is 1. The lowest BCUT2D eigenvalue weighted by atomic mass is 9.44. The summed E-state index contributed by atoms with van der Waals surface area (Å²) in [5.74, 6) is -6.25. The normalized spacial score (nSPS) is 27.8. The number of nitrogens with one attached hydrogen (secondary N) is 1. The first kappa shape index (κ1) is 57.0. The van der Waals surface area contributed by atoms with Crippen LogP contribution in [0, 0.1) is 16.7 Å². The Balaban J connectivity index is 1.10. The first-order chi connectivity index (χ1) is 37.7. The van der Waals surface area contributed by atoms with Crippen LogP contribution in [-0.4, -0.2) is 106 Å². The highest BCUT2D eigenvalue weighted by Crippen LogP contribution is 2.64. The second-order valence-electron chi connectivity index (χ2n) is 21.1. The molecule has 0 aromatic heterocycles. The van der Waals surface area contributed by atoms with E-state index in [2.05, 4.69) is 5.32 Å². The predicted molar refractivity (Wildman–Crippen MR) is 283 cm³/mol. The van der Waals surface area contributed by atoms with Crippen LogP contribution in [0.3, 0.4) is 0 Å². The lowest BCUT2D eigenvalue weighted by molar-refractivity contribution is -0.349. The second-order valence-corrected chi connectivity index (χ2v) is 22.8. The number of hydrogen-bond acceptors (Lipinski definition) is 17. The third-order valence-electron chi connectivity index (χ3n) is 16.1. The number of hydrogen-bond donors (Lipinski definition) is 4. The van der Waals surface area contributed by atoms with Gasteiger partial charge in [0.2, 0.25) is 6.10 Å². The van der Waals surface area contributed by atoms with Gasteiger partial charge in [-0.3, -0.25) is 28.0 Å². The van der Waals surface area contributed by atoms with Crippen LogP contribution in [0.2, 0.25) is 0 Å². The summed E-state index contributed by atoms with van der Waals surface area (Å²) in [6.07, 6.45) is -10.7. The molecular formula is C60H64NO17P. The van der Waals surface area contributed by atoms with Gasteiger partial charge in [0.25, 0.3) is 5.91 Å². The Bertz CT molecular complexity index is 3040. The van der Waals surface area contributed by atoms with Gasteiger partial charge < -0.3 is 44.3 Å². The maximum atomic E-state index is 15.8. The van der Waals surface area contributed by atoms with Crippen molar-refractivity contribution in [1.82, 2.24) is 5.32 Å². The highest BCUT2D eigenvalue weighted by atomic mass is 31.2. The summed E-state index contributed by atoms with van der Waals surface area (Å²) < 4.78 is 62.9. The molecule has 2 bridgehead atoms. The molecule has 5 aromatic carbocycles. The number of benzene rings is 5. The zero-order valence-corrected chi connectivity index (χ0v) is 45.2. The number of aliphatic hydroxyl groups is 3. The number of ether oxygens (including phenoxy) is 5. The van der Waals surface area contributed by atoms with Crippen LogP contribution < -0.4 is 5.32 Å². The average Bonchev–Trinajstić information content (AvgIpc) is 1.72. The molecular weight excluding hydrogens is 1040 g/mol. The van der Waals surface area contributed by atoms with Crippen molar-refractivity contribution in [1.29, 1.82) is 0 Å². The van der Waals surface area contributed by atoms with Gasteiger partial charge >= 0.3 is 25.7 Å². The third kappa shape index (κ3) is 11.3. The molecule has 2 saturated carbocycles. The summed E-state index contributed by atoms with van der Waals surface area (Å²) in [5.41, 5.74) is -6.35. The first-order valence-corrected chi connectivity index (χ1v) is 27.4. The molecule has 11 atom stereocenters. The van der Waals surface area contributed by atoms with Gasteiger partial charge in [0.05, 0.1) is 43.0 Å². The first-order valence-electron chi connectivity index (χ1n) is 26.0. The van der Waals surface area contributed by atoms with Gasteiger partial charge in [-0.1, -0.05) is 141 Å². The molecule has 1 heterocycles. The van der Waals surface area contributed by atoms with Gasteiger partial charge in [0.1, 0.15) is 35.6 Å². The molecule has 79 heavy (non-hydrogen) atoms. The number of aliphatic hydroxyl groups excluding tert-OH is 1. The van der Waals surface area contributed by atoms with E-state index in [1.165, 1.54) is 26.0 Å². The minimum Gasteiger partial charge on any atom is -0.455 e. The van der Waals surface area contributed by atoms with Crippen molar-refractivity contribution in [2.75, 3.05) is 13.4 Å². The lowest BCUT2D eigenvalue weighted by Crippen LogP contribution is -2.81. The predicted octanol–water partition coefficient (Wildman–Crippen LogP) is 7.71. The van der Waals surface area contributed by atoms with Gasteiger partial charge in [-0.25, -0.2) is 14.2 Å². The fourth-order valence-electron chi connectivity index (χ4n) is 11.8. The lowest BCUT2D eigenvalue weighted by Gasteiger charge is -2.67. The van der Waals surface area contributed by atoms with E-state index >= 15 is 4.79 Å². The summed E-state index contributed by atoms with van der Waals surface area (Å²) in [6.45, 7) is 5.52. The number of ketones is 1. The molecule has 10 unspecified atom stereocenters. The minimum atomic E-state index is -4.49. The SMILES string of the molecule is CC(=O)OC(C(=O)OC1CC2(O)C(OC(=O)c3ccccc3)C3C4(O)COC4CC(OCOP(=O)(OCc4ccccc4)OCc4ccccc4)[C@@]3(C)C(=O)C(O)C(=C1C)C2(C)C)C(NC(=O)c1ccccc1)c1ccccc1. The highest BCUT2D eigenvalue weighted by Gasteiger charge is 2.77. The van der Waals surface area contributed by atoms with Crippen LogP contribution in [0.5, 0.6) is 0 Å². The molecule has 4 aliphatic rings. The Morgan fingerprint density at radius 3 is 1.81 bits per heavy atom. The minimum absolute atomic E-state index is 0.0469. The molecule has 3 fully saturated rings. The molecule has 19 heteroatoms. The van der Waals surface area contributed by atoms with E-state index < -0.39 is 128 Å². The number of amides is 1. The van der Waals surface area contributed by atoms with E-state index in [1.807, 2.05) is 12.1 Å². The largest absolute Gasteiger partial charge is 0.477 e. The number of carbonyl (C=O) groups is 5. The summed E-state index contributed by atoms with van der Waals surface area (Å²) in [5, 5.41) is 42.6.